The molecule has 0 amide bonds. The molecule has 2 N–H and O–H groups in total. The van der Waals surface area contributed by atoms with Gasteiger partial charge in [0.05, 0.1) is 11.5 Å². The number of likely N-dealkylation sites (N-methyl/N-ethyl adjacent to an activating group) is 1. The first-order valence-electron chi connectivity index (χ1n) is 6.81. The smallest absolute Gasteiger partial charge is 0.151 e. The number of thiocarbonyl (C=S) groups is 1. The summed E-state index contributed by atoms with van der Waals surface area (Å²) in [6.07, 6.45) is 0.704. The maximum atomic E-state index is 11.5. The molecule has 1 aromatic rings. The summed E-state index contributed by atoms with van der Waals surface area (Å²) in [6.45, 7) is 1.17. The van der Waals surface area contributed by atoms with Crippen molar-refractivity contribution in [2.24, 2.45) is 5.73 Å². The minimum absolute atomic E-state index is 0.0987. The van der Waals surface area contributed by atoms with Gasteiger partial charge in [0.25, 0.3) is 0 Å². The monoisotopic (exact) mass is 328 g/mol. The third kappa shape index (κ3) is 4.66. The fourth-order valence-electron chi connectivity index (χ4n) is 2.35. The first-order chi connectivity index (χ1) is 9.87. The van der Waals surface area contributed by atoms with Crippen molar-refractivity contribution in [1.82, 2.24) is 4.90 Å². The van der Waals surface area contributed by atoms with Crippen LogP contribution >= 0.6 is 12.2 Å². The van der Waals surface area contributed by atoms with Crippen molar-refractivity contribution in [2.75, 3.05) is 31.7 Å². The van der Waals surface area contributed by atoms with Gasteiger partial charge in [-0.25, -0.2) is 8.42 Å². The van der Waals surface area contributed by atoms with Gasteiger partial charge in [-0.2, -0.15) is 0 Å². The van der Waals surface area contributed by atoms with Crippen molar-refractivity contribution in [3.05, 3.63) is 29.8 Å². The number of hydrogen-bond acceptors (Lipinski definition) is 5. The van der Waals surface area contributed by atoms with Gasteiger partial charge in [-0.1, -0.05) is 24.4 Å². The molecule has 2 rings (SSSR count). The zero-order valence-corrected chi connectivity index (χ0v) is 13.6. The van der Waals surface area contributed by atoms with Gasteiger partial charge >= 0.3 is 0 Å². The summed E-state index contributed by atoms with van der Waals surface area (Å²) in [4.78, 5) is 2.39. The topological polar surface area (TPSA) is 72.6 Å². The molecular weight excluding hydrogens is 308 g/mol. The molecule has 116 valence electrons. The maximum Gasteiger partial charge on any atom is 0.151 e. The highest BCUT2D eigenvalue weighted by Crippen LogP contribution is 2.17. The molecule has 1 unspecified atom stereocenters. The lowest BCUT2D eigenvalue weighted by molar-refractivity contribution is 0.202. The minimum atomic E-state index is -2.84. The van der Waals surface area contributed by atoms with E-state index in [-0.39, 0.29) is 11.8 Å². The van der Waals surface area contributed by atoms with Crippen LogP contribution in [-0.2, 0) is 9.84 Å². The molecule has 7 heteroatoms. The van der Waals surface area contributed by atoms with Gasteiger partial charge in [0.15, 0.2) is 9.84 Å². The molecule has 5 nitrogen and oxygen atoms in total. The summed E-state index contributed by atoms with van der Waals surface area (Å²) in [6, 6.07) is 7.44. The third-order valence-electron chi connectivity index (χ3n) is 3.66. The number of sulfone groups is 1. The van der Waals surface area contributed by atoms with Crippen LogP contribution in [0, 0.1) is 0 Å². The summed E-state index contributed by atoms with van der Waals surface area (Å²) in [5.41, 5.74) is 6.35. The second kappa shape index (κ2) is 6.72. The Bertz CT molecular complexity index is 616. The van der Waals surface area contributed by atoms with E-state index in [1.807, 2.05) is 36.2 Å². The number of nitrogens with zero attached hydrogens (tertiary/aromatic N) is 1. The van der Waals surface area contributed by atoms with E-state index in [9.17, 15) is 8.42 Å². The average molecular weight is 328 g/mol. The van der Waals surface area contributed by atoms with Gasteiger partial charge in [-0.05, 0) is 25.6 Å². The molecule has 0 radical (unpaired) electrons. The van der Waals surface area contributed by atoms with E-state index in [1.165, 1.54) is 0 Å². The van der Waals surface area contributed by atoms with Crippen LogP contribution in [-0.4, -0.2) is 56.1 Å². The third-order valence-corrected chi connectivity index (χ3v) is 5.65. The summed E-state index contributed by atoms with van der Waals surface area (Å²) < 4.78 is 28.6. The van der Waals surface area contributed by atoms with Crippen LogP contribution in [0.2, 0.25) is 0 Å². The Balaban J connectivity index is 1.82. The van der Waals surface area contributed by atoms with E-state index in [2.05, 4.69) is 0 Å². The van der Waals surface area contributed by atoms with Crippen molar-refractivity contribution in [3.8, 4) is 5.75 Å². The molecule has 1 fully saturated rings. The zero-order chi connectivity index (χ0) is 15.5. The van der Waals surface area contributed by atoms with Gasteiger partial charge < -0.3 is 10.5 Å². The summed E-state index contributed by atoms with van der Waals surface area (Å²) in [5.74, 6) is 1.26. The Labute approximate surface area is 131 Å². The first-order valence-corrected chi connectivity index (χ1v) is 9.04. The zero-order valence-electron chi connectivity index (χ0n) is 12.0. The predicted molar refractivity (Wildman–Crippen MR) is 87.5 cm³/mol. The molecule has 0 aliphatic carbocycles. The lowest BCUT2D eigenvalue weighted by Gasteiger charge is -2.22. The second-order valence-electron chi connectivity index (χ2n) is 5.28. The number of benzene rings is 1. The molecule has 21 heavy (non-hydrogen) atoms. The molecular formula is C14H20N2O3S2. The van der Waals surface area contributed by atoms with E-state index >= 15 is 0 Å². The highest BCUT2D eigenvalue weighted by molar-refractivity contribution is 7.91. The molecule has 0 bridgehead atoms. The predicted octanol–water partition coefficient (Wildman–Crippen LogP) is 0.818. The Hall–Kier alpha value is -1.18. The van der Waals surface area contributed by atoms with Crippen molar-refractivity contribution >= 4 is 27.0 Å². The van der Waals surface area contributed by atoms with E-state index in [0.29, 0.717) is 36.1 Å². The Morgan fingerprint density at radius 1 is 1.52 bits per heavy atom. The van der Waals surface area contributed by atoms with Crippen LogP contribution in [0.25, 0.3) is 0 Å². The number of nitrogens with two attached hydrogens (primary N) is 1. The minimum Gasteiger partial charge on any atom is -0.492 e. The maximum absolute atomic E-state index is 11.5. The normalized spacial score (nSPS) is 20.6. The van der Waals surface area contributed by atoms with Gasteiger partial charge in [-0.15, -0.1) is 0 Å². The van der Waals surface area contributed by atoms with Crippen LogP contribution in [0.15, 0.2) is 24.3 Å². The molecule has 1 atom stereocenters. The molecule has 1 saturated heterocycles. The lowest BCUT2D eigenvalue weighted by atomic mass is 10.2. The van der Waals surface area contributed by atoms with Crippen molar-refractivity contribution in [3.63, 3.8) is 0 Å². The van der Waals surface area contributed by atoms with E-state index in [4.69, 9.17) is 22.7 Å². The number of ether oxygens (including phenoxy) is 1. The quantitative estimate of drug-likeness (QED) is 0.780. The Kier molecular flexibility index (Phi) is 5.18. The first kappa shape index (κ1) is 16.2. The fraction of sp³-hybridized carbons (Fsp3) is 0.500. The second-order valence-corrected chi connectivity index (χ2v) is 7.95. The van der Waals surface area contributed by atoms with Gasteiger partial charge in [0, 0.05) is 18.2 Å². The highest BCUT2D eigenvalue weighted by Gasteiger charge is 2.30. The van der Waals surface area contributed by atoms with E-state index in [1.54, 1.807) is 0 Å². The van der Waals surface area contributed by atoms with Crippen molar-refractivity contribution < 1.29 is 13.2 Å². The molecule has 0 aromatic heterocycles. The van der Waals surface area contributed by atoms with Crippen LogP contribution < -0.4 is 10.5 Å². The molecule has 1 heterocycles. The van der Waals surface area contributed by atoms with Gasteiger partial charge in [-0.3, -0.25) is 4.90 Å². The van der Waals surface area contributed by atoms with Gasteiger partial charge in [0.2, 0.25) is 0 Å². The van der Waals surface area contributed by atoms with Crippen LogP contribution in [0.5, 0.6) is 5.75 Å². The lowest BCUT2D eigenvalue weighted by Crippen LogP contribution is -2.35. The molecule has 1 aromatic carbocycles. The van der Waals surface area contributed by atoms with E-state index in [0.717, 1.165) is 5.56 Å². The van der Waals surface area contributed by atoms with Crippen LogP contribution in [0.1, 0.15) is 12.0 Å². The van der Waals surface area contributed by atoms with Crippen LogP contribution in [0.4, 0.5) is 0 Å². The average Bonchev–Trinajstić information content (AvgIpc) is 2.79. The van der Waals surface area contributed by atoms with Gasteiger partial charge in [0.1, 0.15) is 17.3 Å². The largest absolute Gasteiger partial charge is 0.492 e. The molecule has 0 saturated carbocycles. The van der Waals surface area contributed by atoms with Crippen LogP contribution in [0.3, 0.4) is 0 Å². The molecule has 1 aliphatic rings. The van der Waals surface area contributed by atoms with E-state index < -0.39 is 9.84 Å². The standard InChI is InChI=1S/C14H20N2O3S2/c1-16(12-5-8-21(17,18)10-12)6-7-19-13-4-2-3-11(9-13)14(15)20/h2-4,9,12H,5-8,10H2,1H3,(H2,15,20). The summed E-state index contributed by atoms with van der Waals surface area (Å²) in [7, 11) is -0.913. The van der Waals surface area contributed by atoms with Crippen molar-refractivity contribution in [1.29, 1.82) is 0 Å². The number of rotatable bonds is 6. The fourth-order valence-corrected chi connectivity index (χ4v) is 4.28. The molecule has 1 aliphatic heterocycles. The van der Waals surface area contributed by atoms with Crippen molar-refractivity contribution in [2.45, 2.75) is 12.5 Å². The number of hydrogen-bond donors (Lipinski definition) is 1. The Morgan fingerprint density at radius 3 is 2.90 bits per heavy atom. The highest BCUT2D eigenvalue weighted by atomic mass is 32.2. The summed E-state index contributed by atoms with van der Waals surface area (Å²) in [5, 5.41) is 0. The summed E-state index contributed by atoms with van der Waals surface area (Å²) >= 11 is 4.93. The SMILES string of the molecule is CN(CCOc1cccc(C(N)=S)c1)C1CCS(=O)(=O)C1. The Morgan fingerprint density at radius 2 is 2.29 bits per heavy atom. The molecule has 0 spiro atoms.